The molecule has 1 aliphatic rings. The number of rotatable bonds is 3. The van der Waals surface area contributed by atoms with Crippen LogP contribution in [0.2, 0.25) is 0 Å². The van der Waals surface area contributed by atoms with Gasteiger partial charge in [-0.15, -0.1) is 0 Å². The predicted octanol–water partition coefficient (Wildman–Crippen LogP) is 1.13. The molecular formula is C11H13N2O. The predicted molar refractivity (Wildman–Crippen MR) is 55.0 cm³/mol. The summed E-state index contributed by atoms with van der Waals surface area (Å²) in [4.78, 5) is 4.17. The van der Waals surface area contributed by atoms with Crippen molar-refractivity contribution in [3.8, 4) is 0 Å². The summed E-state index contributed by atoms with van der Waals surface area (Å²) in [5, 5.41) is 0. The van der Waals surface area contributed by atoms with E-state index in [1.165, 1.54) is 5.56 Å². The molecule has 0 fully saturated rings. The molecule has 0 bridgehead atoms. The number of aliphatic imine (C=N–C) groups is 1. The van der Waals surface area contributed by atoms with Gasteiger partial charge in [0.1, 0.15) is 6.61 Å². The standard InChI is InChI=1S/C11H13N2O/c12-11-13-10(8-14-11)7-6-9-4-2-1-3-5-9/h2-5,10H,6-8H2,(H2,12,13)/t10-/m0/s1. The Hall–Kier alpha value is -1.51. The third-order valence-corrected chi connectivity index (χ3v) is 2.29. The largest absolute Gasteiger partial charge is 0.463 e. The topological polar surface area (TPSA) is 47.6 Å². The number of nitrogens with two attached hydrogens (primary N) is 1. The highest BCUT2D eigenvalue weighted by atomic mass is 16.5. The van der Waals surface area contributed by atoms with E-state index < -0.39 is 0 Å². The Morgan fingerprint density at radius 2 is 2.29 bits per heavy atom. The first-order valence-corrected chi connectivity index (χ1v) is 4.75. The van der Waals surface area contributed by atoms with Gasteiger partial charge in [-0.1, -0.05) is 24.3 Å². The smallest absolute Gasteiger partial charge is 0.282 e. The van der Waals surface area contributed by atoms with Crippen LogP contribution in [0.1, 0.15) is 12.0 Å². The van der Waals surface area contributed by atoms with Gasteiger partial charge in [-0.05, 0) is 24.5 Å². The summed E-state index contributed by atoms with van der Waals surface area (Å²) >= 11 is 0. The fourth-order valence-electron chi connectivity index (χ4n) is 1.51. The van der Waals surface area contributed by atoms with Crippen LogP contribution in [-0.2, 0) is 11.2 Å². The summed E-state index contributed by atoms with van der Waals surface area (Å²) in [5.41, 5.74) is 6.73. The lowest BCUT2D eigenvalue weighted by molar-refractivity contribution is 0.308. The Balaban J connectivity index is 1.84. The molecule has 2 rings (SSSR count). The number of nitrogens with zero attached hydrogens (tertiary/aromatic N) is 1. The van der Waals surface area contributed by atoms with Crippen molar-refractivity contribution >= 4 is 6.02 Å². The maximum Gasteiger partial charge on any atom is 0.282 e. The summed E-state index contributed by atoms with van der Waals surface area (Å²) in [6.07, 6.45) is 2.00. The Labute approximate surface area is 83.6 Å². The first-order valence-electron chi connectivity index (χ1n) is 4.75. The Kier molecular flexibility index (Phi) is 2.68. The second-order valence-corrected chi connectivity index (χ2v) is 3.38. The minimum atomic E-state index is 0.235. The molecule has 0 saturated carbocycles. The molecule has 0 aromatic heterocycles. The van der Waals surface area contributed by atoms with E-state index in [-0.39, 0.29) is 6.04 Å². The van der Waals surface area contributed by atoms with E-state index in [1.54, 1.807) is 0 Å². The molecule has 0 aliphatic carbocycles. The number of aryl methyl sites for hydroxylation is 1. The Morgan fingerprint density at radius 3 is 2.93 bits per heavy atom. The maximum absolute atomic E-state index is 5.42. The van der Waals surface area contributed by atoms with Crippen LogP contribution in [0, 0.1) is 6.07 Å². The lowest BCUT2D eigenvalue weighted by atomic mass is 10.1. The maximum atomic E-state index is 5.42. The third-order valence-electron chi connectivity index (χ3n) is 2.29. The molecule has 3 nitrogen and oxygen atoms in total. The van der Waals surface area contributed by atoms with Crippen molar-refractivity contribution in [3.05, 3.63) is 35.9 Å². The minimum Gasteiger partial charge on any atom is -0.463 e. The lowest BCUT2D eigenvalue weighted by Gasteiger charge is -2.04. The van der Waals surface area contributed by atoms with Crippen molar-refractivity contribution in [2.24, 2.45) is 10.7 Å². The van der Waals surface area contributed by atoms with E-state index in [0.717, 1.165) is 12.8 Å². The molecular weight excluding hydrogens is 176 g/mol. The fraction of sp³-hybridized carbons (Fsp3) is 0.364. The van der Waals surface area contributed by atoms with Crippen LogP contribution in [0.3, 0.4) is 0 Å². The molecule has 1 aromatic carbocycles. The summed E-state index contributed by atoms with van der Waals surface area (Å²) < 4.78 is 5.08. The minimum absolute atomic E-state index is 0.235. The molecule has 1 aromatic rings. The van der Waals surface area contributed by atoms with Crippen LogP contribution in [0.15, 0.2) is 29.3 Å². The first kappa shape index (κ1) is 9.06. The molecule has 0 saturated heterocycles. The van der Waals surface area contributed by atoms with Crippen molar-refractivity contribution in [1.82, 2.24) is 0 Å². The summed E-state index contributed by atoms with van der Waals surface area (Å²) in [6, 6.07) is 11.6. The summed E-state index contributed by atoms with van der Waals surface area (Å²) in [7, 11) is 0. The van der Waals surface area contributed by atoms with Gasteiger partial charge in [-0.3, -0.25) is 0 Å². The molecule has 73 valence electrons. The van der Waals surface area contributed by atoms with Gasteiger partial charge < -0.3 is 10.5 Å². The highest BCUT2D eigenvalue weighted by Gasteiger charge is 2.15. The Morgan fingerprint density at radius 1 is 1.50 bits per heavy atom. The molecule has 0 unspecified atom stereocenters. The van der Waals surface area contributed by atoms with Crippen LogP contribution in [0.5, 0.6) is 0 Å². The zero-order valence-corrected chi connectivity index (χ0v) is 7.94. The van der Waals surface area contributed by atoms with E-state index >= 15 is 0 Å². The van der Waals surface area contributed by atoms with Crippen molar-refractivity contribution in [2.75, 3.05) is 6.61 Å². The van der Waals surface area contributed by atoms with Crippen molar-refractivity contribution in [1.29, 1.82) is 0 Å². The number of hydrogen-bond donors (Lipinski definition) is 1. The highest BCUT2D eigenvalue weighted by molar-refractivity contribution is 5.72. The average molecular weight is 189 g/mol. The monoisotopic (exact) mass is 189 g/mol. The molecule has 3 heteroatoms. The highest BCUT2D eigenvalue weighted by Crippen LogP contribution is 2.10. The second kappa shape index (κ2) is 4.13. The van der Waals surface area contributed by atoms with E-state index in [4.69, 9.17) is 10.5 Å². The first-order chi connectivity index (χ1) is 6.84. The van der Waals surface area contributed by atoms with Crippen LogP contribution in [0.4, 0.5) is 0 Å². The zero-order chi connectivity index (χ0) is 9.80. The molecule has 14 heavy (non-hydrogen) atoms. The second-order valence-electron chi connectivity index (χ2n) is 3.38. The van der Waals surface area contributed by atoms with E-state index in [1.807, 2.05) is 12.1 Å². The van der Waals surface area contributed by atoms with Crippen molar-refractivity contribution in [2.45, 2.75) is 18.9 Å². The molecule has 2 N–H and O–H groups in total. The number of hydrogen-bond acceptors (Lipinski definition) is 3. The molecule has 0 spiro atoms. The van der Waals surface area contributed by atoms with E-state index in [9.17, 15) is 0 Å². The fourth-order valence-corrected chi connectivity index (χ4v) is 1.51. The third kappa shape index (κ3) is 2.25. The molecule has 0 amide bonds. The van der Waals surface area contributed by atoms with Crippen LogP contribution in [-0.4, -0.2) is 18.7 Å². The van der Waals surface area contributed by atoms with Gasteiger partial charge in [-0.25, -0.2) is 4.99 Å². The normalized spacial score (nSPS) is 20.3. The summed E-state index contributed by atoms with van der Waals surface area (Å²) in [6.45, 7) is 0.630. The molecule has 1 heterocycles. The van der Waals surface area contributed by atoms with Gasteiger partial charge in [0.05, 0.1) is 6.04 Å². The SMILES string of the molecule is NC1=N[C@@H](CCc2cc[c]cc2)CO1. The number of ether oxygens (including phenoxy) is 1. The van der Waals surface area contributed by atoms with Crippen LogP contribution >= 0.6 is 0 Å². The van der Waals surface area contributed by atoms with Crippen LogP contribution < -0.4 is 5.73 Å². The van der Waals surface area contributed by atoms with Gasteiger partial charge in [0.25, 0.3) is 6.02 Å². The summed E-state index contributed by atoms with van der Waals surface area (Å²) in [5.74, 6) is 0. The van der Waals surface area contributed by atoms with Gasteiger partial charge in [0.2, 0.25) is 0 Å². The zero-order valence-electron chi connectivity index (χ0n) is 7.94. The quantitative estimate of drug-likeness (QED) is 0.774. The number of benzene rings is 1. The van der Waals surface area contributed by atoms with Crippen LogP contribution in [0.25, 0.3) is 0 Å². The molecule has 1 atom stereocenters. The van der Waals surface area contributed by atoms with Crippen molar-refractivity contribution < 1.29 is 4.74 Å². The lowest BCUT2D eigenvalue weighted by Crippen LogP contribution is -2.10. The van der Waals surface area contributed by atoms with Crippen molar-refractivity contribution in [3.63, 3.8) is 0 Å². The molecule has 1 aliphatic heterocycles. The van der Waals surface area contributed by atoms with Gasteiger partial charge in [0.15, 0.2) is 0 Å². The van der Waals surface area contributed by atoms with Gasteiger partial charge in [0, 0.05) is 0 Å². The van der Waals surface area contributed by atoms with E-state index in [2.05, 4.69) is 23.2 Å². The average Bonchev–Trinajstić information content (AvgIpc) is 2.63. The molecule has 1 radical (unpaired) electrons. The number of amidine groups is 1. The van der Waals surface area contributed by atoms with E-state index in [0.29, 0.717) is 12.6 Å². The van der Waals surface area contributed by atoms with Gasteiger partial charge >= 0.3 is 0 Å². The Bertz CT molecular complexity index is 321. The van der Waals surface area contributed by atoms with Gasteiger partial charge in [-0.2, -0.15) is 0 Å².